The summed E-state index contributed by atoms with van der Waals surface area (Å²) in [7, 11) is -2.13. The largest absolute Gasteiger partial charge is 0.465 e. The van der Waals surface area contributed by atoms with Crippen LogP contribution in [0.4, 0.5) is 30.8 Å². The van der Waals surface area contributed by atoms with E-state index in [1.807, 2.05) is 52.0 Å². The fourth-order valence-electron chi connectivity index (χ4n) is 13.5. The van der Waals surface area contributed by atoms with Crippen molar-refractivity contribution >= 4 is 96.8 Å². The second-order valence-corrected chi connectivity index (χ2v) is 31.5. The van der Waals surface area contributed by atoms with Gasteiger partial charge in [-0.25, -0.2) is 32.0 Å². The number of nitrogens with one attached hydrogen (secondary N) is 7. The summed E-state index contributed by atoms with van der Waals surface area (Å²) in [6, 6.07) is 15.1. The molecule has 1 saturated carbocycles. The van der Waals surface area contributed by atoms with Gasteiger partial charge in [0.2, 0.25) is 29.5 Å². The van der Waals surface area contributed by atoms with Crippen LogP contribution in [0.15, 0.2) is 95.6 Å². The Morgan fingerprint density at radius 1 is 0.849 bits per heavy atom. The lowest BCUT2D eigenvalue weighted by Gasteiger charge is -2.38. The van der Waals surface area contributed by atoms with Crippen molar-refractivity contribution in [1.29, 1.82) is 0 Å². The molecular weight excluding hydrogens is 1410 g/mol. The Labute approximate surface area is 617 Å². The number of ether oxygens (including phenoxy) is 3. The lowest BCUT2D eigenvalue weighted by atomic mass is 9.68. The Balaban J connectivity index is 0.682. The maximum absolute atomic E-state index is 15.7. The highest BCUT2D eigenvalue weighted by molar-refractivity contribution is 7.89. The van der Waals surface area contributed by atoms with E-state index in [0.29, 0.717) is 77.2 Å². The second kappa shape index (κ2) is 34.5. The minimum absolute atomic E-state index is 0.0258. The zero-order valence-corrected chi connectivity index (χ0v) is 62.5. The molecule has 30 heteroatoms. The molecule has 26 nitrogen and oxygen atoms in total. The van der Waals surface area contributed by atoms with Crippen LogP contribution in [0.1, 0.15) is 156 Å². The lowest BCUT2D eigenvalue weighted by molar-refractivity contribution is -0.167. The van der Waals surface area contributed by atoms with Crippen LogP contribution >= 0.6 is 11.3 Å². The summed E-state index contributed by atoms with van der Waals surface area (Å²) < 4.78 is 73.7. The Morgan fingerprint density at radius 2 is 1.55 bits per heavy atom. The third-order valence-electron chi connectivity index (χ3n) is 19.4. The van der Waals surface area contributed by atoms with Gasteiger partial charge in [0.15, 0.2) is 21.5 Å². The smallest absolute Gasteiger partial charge is 0.409 e. The molecule has 10 rings (SSSR count). The number of sulfone groups is 1. The van der Waals surface area contributed by atoms with Gasteiger partial charge in [0.25, 0.3) is 11.5 Å². The number of rotatable bonds is 32. The maximum atomic E-state index is 15.7. The predicted molar refractivity (Wildman–Crippen MR) is 396 cm³/mol. The van der Waals surface area contributed by atoms with E-state index in [0.717, 1.165) is 72.7 Å². The molecule has 4 atom stereocenters. The molecule has 0 unspecified atom stereocenters. The van der Waals surface area contributed by atoms with Crippen LogP contribution in [-0.4, -0.2) is 137 Å². The number of hydrogen-bond acceptors (Lipinski definition) is 18. The Kier molecular flexibility index (Phi) is 25.6. The zero-order valence-electron chi connectivity index (χ0n) is 60.8. The molecule has 6 heterocycles. The van der Waals surface area contributed by atoms with E-state index < -0.39 is 104 Å². The summed E-state index contributed by atoms with van der Waals surface area (Å²) in [4.78, 5) is 137. The summed E-state index contributed by atoms with van der Waals surface area (Å²) in [6.07, 6.45) is 11.4. The zero-order chi connectivity index (χ0) is 76.2. The van der Waals surface area contributed by atoms with Crippen molar-refractivity contribution in [2.75, 3.05) is 42.9 Å². The molecule has 7 amide bonds. The standard InChI is InChI=1S/C76H92F2N12O14S2/c1-9-102-73(98)76(28-18-29-76)72(97)85-46(3)67(92)86-53-26-22-48(23-27-53)41-103-74(99)83-43-104-54-33-60(69(94)82-35-47-20-24-49(25-21-47)64-45(2)84-44-105-64)90(39-54)71(96)65(75(4,5)6)87-61(91)19-16-14-12-10-11-13-15-17-30-79-68(93)55-34-59-56(31-50(55)42-106(8,100)101)57-40-88(7)70(95)63-62(57)51(36-80-63)38-89(59)66-58(78)32-52(77)37-81-66/h20-27,31-32,34,36-37,40,44,46,54,60,65,80H,9-19,28-30,33,35,38-39,41-43H2,1-8H3,(H,79,93)(H,82,94)(H,83,99)(H,85,97)(H,86,92)(H,87,91)/t46-,54+,60-,65+/m0/s1. The van der Waals surface area contributed by atoms with E-state index in [-0.39, 0.29) is 92.9 Å². The van der Waals surface area contributed by atoms with Crippen LogP contribution in [0.25, 0.3) is 32.5 Å². The molecule has 1 saturated heterocycles. The van der Waals surface area contributed by atoms with E-state index in [4.69, 9.17) is 14.2 Å². The summed E-state index contributed by atoms with van der Waals surface area (Å²) in [5, 5.41) is 17.4. The van der Waals surface area contributed by atoms with Crippen molar-refractivity contribution in [3.63, 3.8) is 0 Å². The van der Waals surface area contributed by atoms with Gasteiger partial charge in [0.05, 0.1) is 53.0 Å². The van der Waals surface area contributed by atoms with E-state index in [1.54, 1.807) is 62.2 Å². The molecule has 2 fully saturated rings. The minimum atomic E-state index is -3.71. The number of hydrogen-bond donors (Lipinski definition) is 7. The number of alkyl carbamates (subject to hydrolysis) is 1. The highest BCUT2D eigenvalue weighted by Crippen LogP contribution is 2.46. The number of aryl methyl sites for hydroxylation is 2. The number of benzene rings is 3. The molecular formula is C76H92F2N12O14S2. The van der Waals surface area contributed by atoms with E-state index in [2.05, 4.69) is 46.9 Å². The van der Waals surface area contributed by atoms with Crippen LogP contribution in [-0.2, 0) is 85.3 Å². The number of likely N-dealkylation sites (tertiary alicyclic amines) is 1. The summed E-state index contributed by atoms with van der Waals surface area (Å²) >= 11 is 1.53. The normalized spacial score (nSPS) is 15.8. The predicted octanol–water partition coefficient (Wildman–Crippen LogP) is 9.97. The number of unbranched alkanes of at least 4 members (excludes halogenated alkanes) is 7. The topological polar surface area (TPSA) is 341 Å². The Morgan fingerprint density at radius 3 is 2.20 bits per heavy atom. The van der Waals surface area contributed by atoms with E-state index in [1.165, 1.54) is 38.7 Å². The fourth-order valence-corrected chi connectivity index (χ4v) is 15.1. The highest BCUT2D eigenvalue weighted by atomic mass is 32.2. The first-order valence-corrected chi connectivity index (χ1v) is 38.6. The molecule has 0 bridgehead atoms. The number of carbonyl (C=O) groups excluding carboxylic acids is 8. The monoisotopic (exact) mass is 1500 g/mol. The summed E-state index contributed by atoms with van der Waals surface area (Å²) in [5.41, 5.74) is 5.49. The molecule has 566 valence electrons. The number of aromatic nitrogens is 4. The molecule has 3 aliphatic rings. The van der Waals surface area contributed by atoms with Gasteiger partial charge in [-0.2, -0.15) is 0 Å². The average molecular weight is 1500 g/mol. The van der Waals surface area contributed by atoms with E-state index >= 15 is 4.39 Å². The first-order chi connectivity index (χ1) is 50.5. The third-order valence-corrected chi connectivity index (χ3v) is 21.2. The van der Waals surface area contributed by atoms with Gasteiger partial charge in [-0.1, -0.05) is 102 Å². The van der Waals surface area contributed by atoms with Crippen molar-refractivity contribution in [3.8, 4) is 21.6 Å². The Bertz CT molecular complexity index is 4590. The number of carbonyl (C=O) groups is 8. The van der Waals surface area contributed by atoms with Gasteiger partial charge in [-0.15, -0.1) is 11.3 Å². The van der Waals surface area contributed by atoms with E-state index in [9.17, 15) is 56.0 Å². The van der Waals surface area contributed by atoms with Gasteiger partial charge in [-0.3, -0.25) is 43.7 Å². The molecule has 0 spiro atoms. The maximum Gasteiger partial charge on any atom is 0.409 e. The number of thiazole rings is 1. The molecule has 106 heavy (non-hydrogen) atoms. The minimum Gasteiger partial charge on any atom is -0.465 e. The van der Waals surface area contributed by atoms with Gasteiger partial charge < -0.3 is 60.1 Å². The lowest BCUT2D eigenvalue weighted by Crippen LogP contribution is -2.57. The second-order valence-electron chi connectivity index (χ2n) is 28.5. The average Bonchev–Trinajstić information content (AvgIpc) is 1.54. The van der Waals surface area contributed by atoms with Gasteiger partial charge in [0, 0.05) is 92.0 Å². The van der Waals surface area contributed by atoms with Crippen LogP contribution in [0.2, 0.25) is 0 Å². The number of H-pyrrole nitrogens is 1. The van der Waals surface area contributed by atoms with Crippen LogP contribution in [0.3, 0.4) is 0 Å². The molecule has 1 aliphatic carbocycles. The fraction of sp³-hybridized carbons (Fsp3) is 0.461. The molecule has 3 aromatic carbocycles. The van der Waals surface area contributed by atoms with Crippen molar-refractivity contribution in [2.24, 2.45) is 17.9 Å². The quantitative estimate of drug-likeness (QED) is 0.00892. The first-order valence-electron chi connectivity index (χ1n) is 35.7. The number of anilines is 3. The van der Waals surface area contributed by atoms with Crippen molar-refractivity contribution in [3.05, 3.63) is 146 Å². The highest BCUT2D eigenvalue weighted by Gasteiger charge is 2.53. The van der Waals surface area contributed by atoms with Gasteiger partial charge >= 0.3 is 12.1 Å². The summed E-state index contributed by atoms with van der Waals surface area (Å²) in [6.45, 7) is 10.7. The molecule has 0 radical (unpaired) electrons. The first kappa shape index (κ1) is 78.6. The van der Waals surface area contributed by atoms with Gasteiger partial charge in [-0.05, 0) is 104 Å². The molecule has 2 aliphatic heterocycles. The number of halogens is 2. The molecule has 7 N–H and O–H groups in total. The Hall–Kier alpha value is -9.94. The number of aromatic amines is 1. The van der Waals surface area contributed by atoms with Crippen LogP contribution in [0, 0.1) is 29.4 Å². The van der Waals surface area contributed by atoms with Crippen LogP contribution < -0.4 is 42.4 Å². The summed E-state index contributed by atoms with van der Waals surface area (Å²) in [5.74, 6) is -6.01. The SMILES string of the molecule is CCOC(=O)C1(C(=O)N[C@@H](C)C(=O)Nc2ccc(COC(=O)NCO[C@@H]3C[C@@H](C(=O)NCc4ccc(-c5scnc5C)cc4)N(C(=O)[C@@H](NC(=O)CCCCCCCCCCNC(=O)c4cc5c(cc4CS(C)(=O)=O)-c4cn(C)c(=O)c6[nH]cc(c46)CN5c4ncc(F)cc4F)C(C)(C)C)C3)cc2)CCC1. The van der Waals surface area contributed by atoms with Crippen molar-refractivity contribution in [2.45, 2.75) is 175 Å². The third kappa shape index (κ3) is 19.2. The van der Waals surface area contributed by atoms with Crippen LogP contribution in [0.5, 0.6) is 0 Å². The molecule has 7 aromatic rings. The molecule has 4 aromatic heterocycles. The van der Waals surface area contributed by atoms with Crippen molar-refractivity contribution < 1.29 is 69.8 Å². The number of amides is 7. The number of pyridine rings is 2. The number of nitrogens with zero attached hydrogens (tertiary/aromatic N) is 5. The van der Waals surface area contributed by atoms with Gasteiger partial charge in [0.1, 0.15) is 48.2 Å². The van der Waals surface area contributed by atoms with Crippen molar-refractivity contribution in [1.82, 2.24) is 51.0 Å². The number of fused-ring (bicyclic) bond motifs is 2. The number of esters is 1.